The molecule has 1 fully saturated rings. The van der Waals surface area contributed by atoms with Crippen LogP contribution in [0.1, 0.15) is 30.0 Å². The van der Waals surface area contributed by atoms with E-state index in [1.807, 2.05) is 0 Å². The van der Waals surface area contributed by atoms with Gasteiger partial charge in [-0.15, -0.1) is 0 Å². The number of nitriles is 1. The number of phenols is 1. The molecule has 0 amide bonds. The summed E-state index contributed by atoms with van der Waals surface area (Å²) in [6, 6.07) is 5.47. The van der Waals surface area contributed by atoms with Gasteiger partial charge in [-0.3, -0.25) is 0 Å². The molecule has 4 heteroatoms. The van der Waals surface area contributed by atoms with E-state index in [9.17, 15) is 5.11 Å². The number of nitrogens with one attached hydrogen (secondary N) is 1. The molecule has 0 radical (unpaired) electrons. The van der Waals surface area contributed by atoms with Crippen molar-refractivity contribution in [1.29, 1.82) is 5.26 Å². The number of rotatable bonds is 2. The summed E-state index contributed by atoms with van der Waals surface area (Å²) in [6.07, 6.45) is 2.06. The van der Waals surface area contributed by atoms with Gasteiger partial charge in [0.15, 0.2) is 11.5 Å². The lowest BCUT2D eigenvalue weighted by Crippen LogP contribution is -2.13. The van der Waals surface area contributed by atoms with E-state index in [0.29, 0.717) is 11.3 Å². The fraction of sp³-hybridized carbons (Fsp3) is 0.417. The first-order chi connectivity index (χ1) is 7.76. The second kappa shape index (κ2) is 4.42. The number of nitrogens with zero attached hydrogens (tertiary/aromatic N) is 1. The SMILES string of the molecule is COc1cc(C#N)cc([C@H]2CCCN2)c1O. The van der Waals surface area contributed by atoms with E-state index in [1.54, 1.807) is 12.1 Å². The Balaban J connectivity index is 2.46. The van der Waals surface area contributed by atoms with Crippen molar-refractivity contribution in [3.05, 3.63) is 23.3 Å². The molecule has 84 valence electrons. The molecule has 1 aliphatic heterocycles. The summed E-state index contributed by atoms with van der Waals surface area (Å²) in [7, 11) is 1.49. The zero-order chi connectivity index (χ0) is 11.5. The lowest BCUT2D eigenvalue weighted by Gasteiger charge is -2.15. The summed E-state index contributed by atoms with van der Waals surface area (Å²) in [4.78, 5) is 0. The van der Waals surface area contributed by atoms with E-state index in [1.165, 1.54) is 7.11 Å². The van der Waals surface area contributed by atoms with Crippen molar-refractivity contribution in [1.82, 2.24) is 5.32 Å². The van der Waals surface area contributed by atoms with Gasteiger partial charge in [0, 0.05) is 17.7 Å². The highest BCUT2D eigenvalue weighted by Gasteiger charge is 2.22. The van der Waals surface area contributed by atoms with Crippen LogP contribution in [-0.4, -0.2) is 18.8 Å². The molecule has 2 N–H and O–H groups in total. The van der Waals surface area contributed by atoms with Crippen LogP contribution in [-0.2, 0) is 0 Å². The fourth-order valence-corrected chi connectivity index (χ4v) is 2.07. The molecule has 0 aromatic heterocycles. The van der Waals surface area contributed by atoms with Crippen LogP contribution in [0, 0.1) is 11.3 Å². The van der Waals surface area contributed by atoms with Gasteiger partial charge in [0.25, 0.3) is 0 Å². The molecule has 1 atom stereocenters. The molecule has 0 bridgehead atoms. The topological polar surface area (TPSA) is 65.3 Å². The lowest BCUT2D eigenvalue weighted by atomic mass is 10.0. The van der Waals surface area contributed by atoms with Crippen LogP contribution in [0.4, 0.5) is 0 Å². The number of hydrogen-bond acceptors (Lipinski definition) is 4. The van der Waals surface area contributed by atoms with Crippen LogP contribution in [0.25, 0.3) is 0 Å². The zero-order valence-electron chi connectivity index (χ0n) is 9.16. The number of hydrogen-bond donors (Lipinski definition) is 2. The predicted molar refractivity (Wildman–Crippen MR) is 59.4 cm³/mol. The highest BCUT2D eigenvalue weighted by atomic mass is 16.5. The summed E-state index contributed by atoms with van der Waals surface area (Å²) < 4.78 is 5.06. The quantitative estimate of drug-likeness (QED) is 0.793. The van der Waals surface area contributed by atoms with Crippen LogP contribution in [0.15, 0.2) is 12.1 Å². The zero-order valence-corrected chi connectivity index (χ0v) is 9.16. The smallest absolute Gasteiger partial charge is 0.162 e. The molecule has 1 aromatic rings. The summed E-state index contributed by atoms with van der Waals surface area (Å²) in [5.41, 5.74) is 1.27. The number of phenolic OH excluding ortho intramolecular Hbond substituents is 1. The number of benzene rings is 1. The molecule has 1 saturated heterocycles. The average Bonchev–Trinajstić information content (AvgIpc) is 2.83. The van der Waals surface area contributed by atoms with Gasteiger partial charge >= 0.3 is 0 Å². The van der Waals surface area contributed by atoms with Crippen LogP contribution < -0.4 is 10.1 Å². The van der Waals surface area contributed by atoms with Crippen molar-refractivity contribution in [3.8, 4) is 17.6 Å². The van der Waals surface area contributed by atoms with Gasteiger partial charge in [-0.25, -0.2) is 0 Å². The van der Waals surface area contributed by atoms with Crippen molar-refractivity contribution in [2.75, 3.05) is 13.7 Å². The van der Waals surface area contributed by atoms with Gasteiger partial charge in [0.1, 0.15) is 0 Å². The van der Waals surface area contributed by atoms with E-state index in [0.717, 1.165) is 24.9 Å². The third kappa shape index (κ3) is 1.82. The summed E-state index contributed by atoms with van der Waals surface area (Å²) in [5, 5.41) is 22.2. The summed E-state index contributed by atoms with van der Waals surface area (Å²) in [5.74, 6) is 0.503. The molecule has 2 rings (SSSR count). The third-order valence-electron chi connectivity index (χ3n) is 2.89. The normalized spacial score (nSPS) is 19.4. The second-order valence-corrected chi connectivity index (χ2v) is 3.88. The van der Waals surface area contributed by atoms with Gasteiger partial charge in [0.05, 0.1) is 18.7 Å². The first-order valence-corrected chi connectivity index (χ1v) is 5.30. The fourth-order valence-electron chi connectivity index (χ4n) is 2.07. The van der Waals surface area contributed by atoms with Crippen LogP contribution >= 0.6 is 0 Å². The minimum absolute atomic E-state index is 0.127. The Labute approximate surface area is 94.5 Å². The van der Waals surface area contributed by atoms with E-state index < -0.39 is 0 Å². The molecule has 4 nitrogen and oxygen atoms in total. The molecular weight excluding hydrogens is 204 g/mol. The molecule has 1 heterocycles. The monoisotopic (exact) mass is 218 g/mol. The highest BCUT2D eigenvalue weighted by Crippen LogP contribution is 2.37. The molecule has 0 unspecified atom stereocenters. The Kier molecular flexibility index (Phi) is 2.97. The molecule has 16 heavy (non-hydrogen) atoms. The van der Waals surface area contributed by atoms with E-state index >= 15 is 0 Å². The van der Waals surface area contributed by atoms with Crippen molar-refractivity contribution >= 4 is 0 Å². The molecule has 1 aromatic carbocycles. The number of ether oxygens (including phenoxy) is 1. The van der Waals surface area contributed by atoms with Gasteiger partial charge < -0.3 is 15.2 Å². The summed E-state index contributed by atoms with van der Waals surface area (Å²) in [6.45, 7) is 0.948. The molecule has 0 saturated carbocycles. The maximum atomic E-state index is 9.99. The summed E-state index contributed by atoms with van der Waals surface area (Å²) >= 11 is 0. The van der Waals surface area contributed by atoms with E-state index in [4.69, 9.17) is 10.00 Å². The Morgan fingerprint density at radius 1 is 1.56 bits per heavy atom. The Morgan fingerprint density at radius 2 is 2.38 bits per heavy atom. The average molecular weight is 218 g/mol. The third-order valence-corrected chi connectivity index (χ3v) is 2.89. The van der Waals surface area contributed by atoms with E-state index in [2.05, 4.69) is 11.4 Å². The largest absolute Gasteiger partial charge is 0.504 e. The van der Waals surface area contributed by atoms with Gasteiger partial charge in [-0.05, 0) is 25.5 Å². The minimum Gasteiger partial charge on any atom is -0.504 e. The van der Waals surface area contributed by atoms with Crippen molar-refractivity contribution in [2.24, 2.45) is 0 Å². The molecule has 0 aliphatic carbocycles. The first kappa shape index (κ1) is 10.8. The lowest BCUT2D eigenvalue weighted by molar-refractivity contribution is 0.367. The van der Waals surface area contributed by atoms with Gasteiger partial charge in [-0.2, -0.15) is 5.26 Å². The van der Waals surface area contributed by atoms with Crippen molar-refractivity contribution in [2.45, 2.75) is 18.9 Å². The Hall–Kier alpha value is -1.73. The van der Waals surface area contributed by atoms with Crippen molar-refractivity contribution < 1.29 is 9.84 Å². The van der Waals surface area contributed by atoms with Crippen LogP contribution in [0.5, 0.6) is 11.5 Å². The predicted octanol–water partition coefficient (Wildman–Crippen LogP) is 1.70. The minimum atomic E-state index is 0.127. The first-order valence-electron chi connectivity index (χ1n) is 5.30. The van der Waals surface area contributed by atoms with Crippen molar-refractivity contribution in [3.63, 3.8) is 0 Å². The highest BCUT2D eigenvalue weighted by molar-refractivity contribution is 5.53. The maximum Gasteiger partial charge on any atom is 0.162 e. The van der Waals surface area contributed by atoms with Gasteiger partial charge in [-0.1, -0.05) is 0 Å². The molecule has 1 aliphatic rings. The standard InChI is InChI=1S/C12H14N2O2/c1-16-11-6-8(7-13)5-9(12(11)15)10-3-2-4-14-10/h5-6,10,14-15H,2-4H2,1H3/t10-/m1/s1. The number of methoxy groups -OCH3 is 1. The molecular formula is C12H14N2O2. The van der Waals surface area contributed by atoms with E-state index in [-0.39, 0.29) is 11.8 Å². The Morgan fingerprint density at radius 3 is 2.94 bits per heavy atom. The Bertz CT molecular complexity index is 431. The second-order valence-electron chi connectivity index (χ2n) is 3.88. The maximum absolute atomic E-state index is 9.99. The molecule has 0 spiro atoms. The number of aromatic hydroxyl groups is 1. The van der Waals surface area contributed by atoms with Crippen LogP contribution in [0.3, 0.4) is 0 Å². The van der Waals surface area contributed by atoms with Gasteiger partial charge in [0.2, 0.25) is 0 Å². The van der Waals surface area contributed by atoms with Crippen LogP contribution in [0.2, 0.25) is 0 Å².